The summed E-state index contributed by atoms with van der Waals surface area (Å²) in [6.07, 6.45) is 6.65. The number of ether oxygens (including phenoxy) is 1. The van der Waals surface area contributed by atoms with E-state index in [1.165, 1.54) is 11.6 Å². The molecule has 0 spiro atoms. The molecule has 0 radical (unpaired) electrons. The van der Waals surface area contributed by atoms with Gasteiger partial charge in [0.05, 0.1) is 18.1 Å². The van der Waals surface area contributed by atoms with Crippen LogP contribution in [0.15, 0.2) is 42.7 Å². The van der Waals surface area contributed by atoms with E-state index in [0.29, 0.717) is 24.9 Å². The summed E-state index contributed by atoms with van der Waals surface area (Å²) in [5.74, 6) is 0.318. The summed E-state index contributed by atoms with van der Waals surface area (Å²) in [4.78, 5) is 11.9. The van der Waals surface area contributed by atoms with Gasteiger partial charge in [-0.3, -0.25) is 4.79 Å². The molecule has 1 aromatic heterocycles. The first-order chi connectivity index (χ1) is 11.1. The highest BCUT2D eigenvalue weighted by molar-refractivity contribution is 6.01. The molecule has 1 heterocycles. The molecule has 0 aliphatic heterocycles. The predicted octanol–water partition coefficient (Wildman–Crippen LogP) is 3.65. The van der Waals surface area contributed by atoms with Crippen molar-refractivity contribution in [2.24, 2.45) is 0 Å². The molecule has 0 aliphatic rings. The van der Waals surface area contributed by atoms with Crippen LogP contribution in [-0.4, -0.2) is 22.3 Å². The summed E-state index contributed by atoms with van der Waals surface area (Å²) in [7, 11) is 0. The Morgan fingerprint density at radius 3 is 2.74 bits per heavy atom. The first-order valence-electron chi connectivity index (χ1n) is 7.77. The first kappa shape index (κ1) is 17.0. The highest BCUT2D eigenvalue weighted by atomic mass is 16.5. The molecule has 122 valence electrons. The zero-order valence-corrected chi connectivity index (χ0v) is 13.8. The fourth-order valence-electron chi connectivity index (χ4n) is 2.03. The van der Waals surface area contributed by atoms with Gasteiger partial charge in [0, 0.05) is 12.7 Å². The molecule has 0 bridgehead atoms. The average Bonchev–Trinajstić information content (AvgIpc) is 2.98. The van der Waals surface area contributed by atoms with Gasteiger partial charge in [-0.15, -0.1) is 0 Å². The summed E-state index contributed by atoms with van der Waals surface area (Å²) in [6, 6.07) is 8.19. The van der Waals surface area contributed by atoms with Gasteiger partial charge < -0.3 is 10.1 Å². The third-order valence-electron chi connectivity index (χ3n) is 3.36. The lowest BCUT2D eigenvalue weighted by Gasteiger charge is -2.04. The van der Waals surface area contributed by atoms with E-state index in [0.717, 1.165) is 5.56 Å². The maximum Gasteiger partial charge on any atom is 0.248 e. The van der Waals surface area contributed by atoms with Crippen LogP contribution in [0.3, 0.4) is 0 Å². The minimum absolute atomic E-state index is 0.186. The molecule has 1 aromatic carbocycles. The van der Waals surface area contributed by atoms with Crippen molar-refractivity contribution in [2.75, 3.05) is 11.9 Å². The second-order valence-corrected chi connectivity index (χ2v) is 5.53. The van der Waals surface area contributed by atoms with E-state index < -0.39 is 0 Å². The molecule has 0 atom stereocenters. The predicted molar refractivity (Wildman–Crippen MR) is 92.0 cm³/mol. The minimum atomic E-state index is -0.186. The first-order valence-corrected chi connectivity index (χ1v) is 7.77. The second kappa shape index (κ2) is 8.29. The highest BCUT2D eigenvalue weighted by Crippen LogP contribution is 2.15. The standard InChI is InChI=1S/C18H23N3O2/c1-4-23-13-21-12-17(11-19-21)20-18(22)10-7-15-5-8-16(9-6-15)14(2)3/h5-12,14H,4,13H2,1-3H3,(H,20,22)/b10-7+. The Balaban J connectivity index is 1.89. The molecule has 0 saturated heterocycles. The van der Waals surface area contributed by atoms with Crippen LogP contribution in [0.1, 0.15) is 37.8 Å². The van der Waals surface area contributed by atoms with Gasteiger partial charge in [-0.25, -0.2) is 4.68 Å². The van der Waals surface area contributed by atoms with Crippen molar-refractivity contribution >= 4 is 17.7 Å². The minimum Gasteiger partial charge on any atom is -0.360 e. The van der Waals surface area contributed by atoms with Crippen molar-refractivity contribution in [2.45, 2.75) is 33.4 Å². The third-order valence-corrected chi connectivity index (χ3v) is 3.36. The largest absolute Gasteiger partial charge is 0.360 e. The number of carbonyl (C=O) groups is 1. The number of aromatic nitrogens is 2. The van der Waals surface area contributed by atoms with Crippen LogP contribution in [0, 0.1) is 0 Å². The highest BCUT2D eigenvalue weighted by Gasteiger charge is 2.02. The molecule has 0 aliphatic carbocycles. The van der Waals surface area contributed by atoms with Crippen molar-refractivity contribution in [3.8, 4) is 0 Å². The Bertz CT molecular complexity index is 657. The zero-order chi connectivity index (χ0) is 16.7. The van der Waals surface area contributed by atoms with Gasteiger partial charge in [-0.05, 0) is 30.0 Å². The Morgan fingerprint density at radius 2 is 2.09 bits per heavy atom. The monoisotopic (exact) mass is 313 g/mol. The smallest absolute Gasteiger partial charge is 0.248 e. The van der Waals surface area contributed by atoms with Crippen LogP contribution in [0.2, 0.25) is 0 Å². The fourth-order valence-corrected chi connectivity index (χ4v) is 2.03. The number of anilines is 1. The Kier molecular flexibility index (Phi) is 6.11. The maximum atomic E-state index is 11.9. The topological polar surface area (TPSA) is 56.1 Å². The average molecular weight is 313 g/mol. The van der Waals surface area contributed by atoms with Gasteiger partial charge in [0.1, 0.15) is 6.73 Å². The number of hydrogen-bond donors (Lipinski definition) is 1. The van der Waals surface area contributed by atoms with Crippen LogP contribution >= 0.6 is 0 Å². The fraction of sp³-hybridized carbons (Fsp3) is 0.333. The molecule has 0 fully saturated rings. The molecule has 2 rings (SSSR count). The summed E-state index contributed by atoms with van der Waals surface area (Å²) >= 11 is 0. The molecule has 2 aromatic rings. The number of amides is 1. The molecular formula is C18H23N3O2. The van der Waals surface area contributed by atoms with E-state index in [9.17, 15) is 4.79 Å². The lowest BCUT2D eigenvalue weighted by atomic mass is 10.0. The molecule has 5 heteroatoms. The number of rotatable bonds is 7. The van der Waals surface area contributed by atoms with E-state index in [1.54, 1.807) is 23.2 Å². The number of carbonyl (C=O) groups excluding carboxylic acids is 1. The maximum absolute atomic E-state index is 11.9. The molecule has 5 nitrogen and oxygen atoms in total. The van der Waals surface area contributed by atoms with Crippen molar-refractivity contribution < 1.29 is 9.53 Å². The van der Waals surface area contributed by atoms with Crippen molar-refractivity contribution in [1.82, 2.24) is 9.78 Å². The molecule has 0 saturated carbocycles. The van der Waals surface area contributed by atoms with Crippen molar-refractivity contribution in [1.29, 1.82) is 0 Å². The van der Waals surface area contributed by atoms with E-state index >= 15 is 0 Å². The summed E-state index contributed by atoms with van der Waals surface area (Å²) in [5, 5.41) is 6.88. The quantitative estimate of drug-likeness (QED) is 0.794. The van der Waals surface area contributed by atoms with Gasteiger partial charge in [0.15, 0.2) is 0 Å². The Morgan fingerprint density at radius 1 is 1.35 bits per heavy atom. The molecule has 1 N–H and O–H groups in total. The molecular weight excluding hydrogens is 290 g/mol. The van der Waals surface area contributed by atoms with Crippen molar-refractivity contribution in [3.05, 3.63) is 53.9 Å². The van der Waals surface area contributed by atoms with E-state index in [-0.39, 0.29) is 5.91 Å². The van der Waals surface area contributed by atoms with Gasteiger partial charge in [-0.1, -0.05) is 38.1 Å². The SMILES string of the molecule is CCOCn1cc(NC(=O)/C=C/c2ccc(C(C)C)cc2)cn1. The van der Waals surface area contributed by atoms with Crippen LogP contribution in [0.5, 0.6) is 0 Å². The summed E-state index contributed by atoms with van der Waals surface area (Å²) in [5.41, 5.74) is 2.93. The number of nitrogens with one attached hydrogen (secondary N) is 1. The van der Waals surface area contributed by atoms with Crippen molar-refractivity contribution in [3.63, 3.8) is 0 Å². The van der Waals surface area contributed by atoms with Gasteiger partial charge in [0.2, 0.25) is 5.91 Å². The number of benzene rings is 1. The molecule has 1 amide bonds. The van der Waals surface area contributed by atoms with Gasteiger partial charge in [0.25, 0.3) is 0 Å². The van der Waals surface area contributed by atoms with Crippen LogP contribution in [0.25, 0.3) is 6.08 Å². The Hall–Kier alpha value is -2.40. The van der Waals surface area contributed by atoms with E-state index in [2.05, 4.69) is 36.4 Å². The second-order valence-electron chi connectivity index (χ2n) is 5.53. The third kappa shape index (κ3) is 5.38. The van der Waals surface area contributed by atoms with Crippen LogP contribution in [0.4, 0.5) is 5.69 Å². The van der Waals surface area contributed by atoms with Gasteiger partial charge in [-0.2, -0.15) is 5.10 Å². The number of nitrogens with zero attached hydrogens (tertiary/aromatic N) is 2. The van der Waals surface area contributed by atoms with E-state index in [1.807, 2.05) is 19.1 Å². The van der Waals surface area contributed by atoms with Crippen LogP contribution in [-0.2, 0) is 16.3 Å². The lowest BCUT2D eigenvalue weighted by Crippen LogP contribution is -2.07. The molecule has 0 unspecified atom stereocenters. The Labute approximate surface area is 137 Å². The van der Waals surface area contributed by atoms with Gasteiger partial charge >= 0.3 is 0 Å². The normalized spacial score (nSPS) is 11.3. The zero-order valence-electron chi connectivity index (χ0n) is 13.8. The number of hydrogen-bond acceptors (Lipinski definition) is 3. The molecule has 23 heavy (non-hydrogen) atoms. The lowest BCUT2D eigenvalue weighted by molar-refractivity contribution is -0.111. The summed E-state index contributed by atoms with van der Waals surface area (Å²) in [6.45, 7) is 7.24. The van der Waals surface area contributed by atoms with Crippen LogP contribution < -0.4 is 5.32 Å². The van der Waals surface area contributed by atoms with E-state index in [4.69, 9.17) is 4.74 Å². The summed E-state index contributed by atoms with van der Waals surface area (Å²) < 4.78 is 6.88.